The number of rotatable bonds is 17. The molecular weight excluding hydrogens is 614 g/mol. The average molecular weight is 660 g/mol. The van der Waals surface area contributed by atoms with E-state index >= 15 is 0 Å². The van der Waals surface area contributed by atoms with E-state index in [-0.39, 0.29) is 29.9 Å². The van der Waals surface area contributed by atoms with E-state index in [9.17, 15) is 23.1 Å². The van der Waals surface area contributed by atoms with Crippen LogP contribution in [0.25, 0.3) is 0 Å². The molecule has 250 valence electrons. The highest BCUT2D eigenvalue weighted by molar-refractivity contribution is 7.89. The molecule has 0 aliphatic heterocycles. The third-order valence-corrected chi connectivity index (χ3v) is 9.91. The van der Waals surface area contributed by atoms with Crippen LogP contribution in [0.1, 0.15) is 60.6 Å². The summed E-state index contributed by atoms with van der Waals surface area (Å²) in [6.45, 7) is 4.07. The Morgan fingerprint density at radius 3 is 2.02 bits per heavy atom. The van der Waals surface area contributed by atoms with E-state index in [1.165, 1.54) is 16.4 Å². The Balaban J connectivity index is 1.46. The number of carbonyl (C=O) groups excluding carboxylic acids is 2. The third kappa shape index (κ3) is 9.54. The van der Waals surface area contributed by atoms with Crippen molar-refractivity contribution in [2.45, 2.75) is 56.0 Å². The Kier molecular flexibility index (Phi) is 12.7. The molecule has 0 saturated carbocycles. The normalized spacial score (nSPS) is 13.1. The Morgan fingerprint density at radius 1 is 0.872 bits per heavy atom. The molecule has 0 radical (unpaired) electrons. The van der Waals surface area contributed by atoms with Crippen LogP contribution in [-0.2, 0) is 14.8 Å². The molecule has 0 fully saturated rings. The quantitative estimate of drug-likeness (QED) is 0.0829. The predicted molar refractivity (Wildman–Crippen MR) is 184 cm³/mol. The first-order valence-electron chi connectivity index (χ1n) is 15.9. The number of aliphatic hydroxyl groups is 1. The number of nitrogen functional groups attached to an aromatic ring is 1. The lowest BCUT2D eigenvalue weighted by Crippen LogP contribution is -2.50. The number of aromatic nitrogens is 1. The fourth-order valence-corrected chi connectivity index (χ4v) is 7.43. The Labute approximate surface area is 277 Å². The molecule has 0 spiro atoms. The van der Waals surface area contributed by atoms with Crippen molar-refractivity contribution >= 4 is 27.5 Å². The number of amides is 2. The van der Waals surface area contributed by atoms with E-state index < -0.39 is 33.9 Å². The van der Waals surface area contributed by atoms with Crippen LogP contribution in [0, 0.1) is 5.92 Å². The molecule has 1 heterocycles. The Hall–Kier alpha value is -4.45. The molecule has 1 unspecified atom stereocenters. The van der Waals surface area contributed by atoms with Crippen molar-refractivity contribution < 1.29 is 23.1 Å². The maximum atomic E-state index is 13.9. The second kappa shape index (κ2) is 16.9. The van der Waals surface area contributed by atoms with E-state index in [1.54, 1.807) is 30.5 Å². The fraction of sp³-hybridized carbons (Fsp3) is 0.333. The van der Waals surface area contributed by atoms with Crippen LogP contribution in [0.4, 0.5) is 5.69 Å². The number of hydrogen-bond donors (Lipinski definition) is 5. The Morgan fingerprint density at radius 2 is 1.49 bits per heavy atom. The molecule has 2 amide bonds. The molecule has 6 N–H and O–H groups in total. The minimum atomic E-state index is -3.88. The summed E-state index contributed by atoms with van der Waals surface area (Å²) in [6.07, 6.45) is 3.14. The second-order valence-electron chi connectivity index (χ2n) is 12.0. The summed E-state index contributed by atoms with van der Waals surface area (Å²) in [4.78, 5) is 30.1. The van der Waals surface area contributed by atoms with E-state index in [0.29, 0.717) is 37.2 Å². The van der Waals surface area contributed by atoms with E-state index in [1.807, 2.05) is 74.5 Å². The summed E-state index contributed by atoms with van der Waals surface area (Å²) < 4.78 is 28.5. The number of nitrogens with zero attached hydrogens (tertiary/aromatic N) is 1. The van der Waals surface area contributed by atoms with Gasteiger partial charge < -0.3 is 26.5 Å². The number of benzene rings is 3. The van der Waals surface area contributed by atoms with Gasteiger partial charge in [-0.3, -0.25) is 9.59 Å². The first kappa shape index (κ1) is 35.4. The molecule has 10 nitrogen and oxygen atoms in total. The lowest BCUT2D eigenvalue weighted by molar-refractivity contribution is -0.123. The molecule has 0 bridgehead atoms. The average Bonchev–Trinajstić information content (AvgIpc) is 3.62. The van der Waals surface area contributed by atoms with E-state index in [4.69, 9.17) is 5.73 Å². The van der Waals surface area contributed by atoms with Gasteiger partial charge in [-0.15, -0.1) is 0 Å². The highest BCUT2D eigenvalue weighted by Gasteiger charge is 2.34. The number of unbranched alkanes of at least 4 members (excludes halogenated alkanes) is 1. The van der Waals surface area contributed by atoms with Crippen LogP contribution in [0.2, 0.25) is 0 Å². The summed E-state index contributed by atoms with van der Waals surface area (Å²) in [6, 6.07) is 27.0. The molecule has 1 aromatic heterocycles. The molecule has 4 aromatic rings. The van der Waals surface area contributed by atoms with Crippen molar-refractivity contribution in [3.63, 3.8) is 0 Å². The van der Waals surface area contributed by atoms with Crippen molar-refractivity contribution in [3.05, 3.63) is 120 Å². The molecular formula is C36H45N5O5S. The van der Waals surface area contributed by atoms with Gasteiger partial charge in [0, 0.05) is 36.9 Å². The van der Waals surface area contributed by atoms with Gasteiger partial charge in [-0.05, 0) is 66.3 Å². The standard InChI is InChI=1S/C36H45N5O5S/c1-26(2)24-41(47(45,46)31-20-18-29(37)19-21-31)30(25-42)16-9-10-22-39-36(44)34(40-35(43)32-17-11-23-38-32)33(27-12-5-3-6-13-27)28-14-7-4-8-15-28/h3-8,11-15,17-21,23,26,30,33-34,38,42H,9-10,16,22,24-25,37H2,1-2H3,(H,39,44)(H,40,43)/t30?,34-/m0/s1. The number of sulfonamides is 1. The molecule has 11 heteroatoms. The van der Waals surface area contributed by atoms with Crippen molar-refractivity contribution in [3.8, 4) is 0 Å². The van der Waals surface area contributed by atoms with Crippen LogP contribution in [0.3, 0.4) is 0 Å². The van der Waals surface area contributed by atoms with Crippen LogP contribution < -0.4 is 16.4 Å². The first-order valence-corrected chi connectivity index (χ1v) is 17.4. The number of nitrogens with one attached hydrogen (secondary N) is 3. The molecule has 47 heavy (non-hydrogen) atoms. The summed E-state index contributed by atoms with van der Waals surface area (Å²) in [7, 11) is -3.88. The highest BCUT2D eigenvalue weighted by atomic mass is 32.2. The smallest absolute Gasteiger partial charge is 0.268 e. The van der Waals surface area contributed by atoms with Crippen molar-refractivity contribution in [2.75, 3.05) is 25.4 Å². The van der Waals surface area contributed by atoms with E-state index in [2.05, 4.69) is 15.6 Å². The molecule has 3 aromatic carbocycles. The van der Waals surface area contributed by atoms with Crippen LogP contribution in [0.5, 0.6) is 0 Å². The molecule has 4 rings (SSSR count). The largest absolute Gasteiger partial charge is 0.399 e. The van der Waals surface area contributed by atoms with Gasteiger partial charge in [-0.2, -0.15) is 4.31 Å². The molecule has 0 aliphatic rings. The summed E-state index contributed by atoms with van der Waals surface area (Å²) in [5, 5.41) is 16.2. The number of aromatic amines is 1. The van der Waals surface area contributed by atoms with Gasteiger partial charge in [-0.25, -0.2) is 8.42 Å². The molecule has 0 aliphatic carbocycles. The number of anilines is 1. The fourth-order valence-electron chi connectivity index (χ4n) is 5.62. The number of carbonyl (C=O) groups is 2. The van der Waals surface area contributed by atoms with Gasteiger partial charge in [0.2, 0.25) is 15.9 Å². The maximum absolute atomic E-state index is 13.9. The third-order valence-electron chi connectivity index (χ3n) is 7.98. The molecule has 0 saturated heterocycles. The van der Waals surface area contributed by atoms with Crippen molar-refractivity contribution in [1.82, 2.24) is 19.9 Å². The number of H-pyrrole nitrogens is 1. The zero-order chi connectivity index (χ0) is 33.8. The summed E-state index contributed by atoms with van der Waals surface area (Å²) in [5.41, 5.74) is 8.33. The summed E-state index contributed by atoms with van der Waals surface area (Å²) >= 11 is 0. The van der Waals surface area contributed by atoms with Gasteiger partial charge in [0.05, 0.1) is 11.5 Å². The lowest BCUT2D eigenvalue weighted by atomic mass is 9.84. The monoisotopic (exact) mass is 659 g/mol. The van der Waals surface area contributed by atoms with Crippen LogP contribution >= 0.6 is 0 Å². The van der Waals surface area contributed by atoms with Crippen LogP contribution in [0.15, 0.2) is 108 Å². The first-order chi connectivity index (χ1) is 22.6. The van der Waals surface area contributed by atoms with Gasteiger partial charge in [-0.1, -0.05) is 80.9 Å². The minimum Gasteiger partial charge on any atom is -0.399 e. The lowest BCUT2D eigenvalue weighted by Gasteiger charge is -2.31. The van der Waals surface area contributed by atoms with Crippen molar-refractivity contribution in [1.29, 1.82) is 0 Å². The maximum Gasteiger partial charge on any atom is 0.268 e. The van der Waals surface area contributed by atoms with Crippen molar-refractivity contribution in [2.24, 2.45) is 5.92 Å². The summed E-state index contributed by atoms with van der Waals surface area (Å²) in [5.74, 6) is -1.16. The van der Waals surface area contributed by atoms with Gasteiger partial charge in [0.1, 0.15) is 11.7 Å². The van der Waals surface area contributed by atoms with Gasteiger partial charge in [0.15, 0.2) is 0 Å². The zero-order valence-electron chi connectivity index (χ0n) is 26.9. The Bertz CT molecular complexity index is 1610. The SMILES string of the molecule is CC(C)CN(C(CO)CCCCNC(=O)[C@@H](NC(=O)c1ccc[nH]1)C(c1ccccc1)c1ccccc1)S(=O)(=O)c1ccc(N)cc1. The topological polar surface area (TPSA) is 158 Å². The zero-order valence-corrected chi connectivity index (χ0v) is 27.7. The number of hydrogen-bond acceptors (Lipinski definition) is 6. The van der Waals surface area contributed by atoms with Gasteiger partial charge >= 0.3 is 0 Å². The minimum absolute atomic E-state index is 0.0344. The number of aliphatic hydroxyl groups excluding tert-OH is 1. The number of nitrogens with two attached hydrogens (primary N) is 1. The predicted octanol–water partition coefficient (Wildman–Crippen LogP) is 4.52. The van der Waals surface area contributed by atoms with Crippen LogP contribution in [-0.4, -0.2) is 66.4 Å². The second-order valence-corrected chi connectivity index (χ2v) is 13.9. The molecule has 2 atom stereocenters. The van der Waals surface area contributed by atoms with Gasteiger partial charge in [0.25, 0.3) is 5.91 Å². The van der Waals surface area contributed by atoms with E-state index in [0.717, 1.165) is 11.1 Å². The highest BCUT2D eigenvalue weighted by Crippen LogP contribution is 2.29.